The Hall–Kier alpha value is -3.70. The molecule has 12 heteroatoms. The first-order chi connectivity index (χ1) is 17.6. The molecule has 2 aliphatic heterocycles. The van der Waals surface area contributed by atoms with Crippen molar-refractivity contribution in [2.45, 2.75) is 51.0 Å². The first kappa shape index (κ1) is 25.0. The van der Waals surface area contributed by atoms with E-state index in [-0.39, 0.29) is 34.5 Å². The van der Waals surface area contributed by atoms with Crippen molar-refractivity contribution in [1.29, 1.82) is 0 Å². The minimum absolute atomic E-state index is 0.160. The van der Waals surface area contributed by atoms with Crippen molar-refractivity contribution in [3.8, 4) is 17.3 Å². The molecule has 3 aromatic rings. The van der Waals surface area contributed by atoms with E-state index in [4.69, 9.17) is 9.72 Å². The van der Waals surface area contributed by atoms with Crippen molar-refractivity contribution in [2.75, 3.05) is 25.5 Å². The van der Waals surface area contributed by atoms with E-state index in [1.54, 1.807) is 18.7 Å². The number of rotatable bonds is 5. The molecule has 5 rings (SSSR count). The number of ether oxygens (including phenoxy) is 1. The van der Waals surface area contributed by atoms with Crippen LogP contribution < -0.4 is 10.1 Å². The number of carbonyl (C=O) groups excluding carboxylic acids is 1. The van der Waals surface area contributed by atoms with Gasteiger partial charge in [0, 0.05) is 37.3 Å². The lowest BCUT2D eigenvalue weighted by atomic mass is 9.86. The lowest BCUT2D eigenvalue weighted by molar-refractivity contribution is -0.131. The first-order valence-corrected chi connectivity index (χ1v) is 12.1. The van der Waals surface area contributed by atoms with Gasteiger partial charge in [-0.1, -0.05) is 0 Å². The molecule has 37 heavy (non-hydrogen) atoms. The molecule has 0 aromatic carbocycles. The predicted molar refractivity (Wildman–Crippen MR) is 129 cm³/mol. The second kappa shape index (κ2) is 9.31. The van der Waals surface area contributed by atoms with E-state index in [1.807, 2.05) is 6.07 Å². The lowest BCUT2D eigenvalue weighted by Crippen LogP contribution is -2.46. The van der Waals surface area contributed by atoms with Gasteiger partial charge in [-0.3, -0.25) is 4.79 Å². The number of aryl methyl sites for hydroxylation is 3. The summed E-state index contributed by atoms with van der Waals surface area (Å²) in [7, 11) is 2.89. The van der Waals surface area contributed by atoms with Crippen LogP contribution in [0.3, 0.4) is 0 Å². The fourth-order valence-corrected chi connectivity index (χ4v) is 5.21. The average Bonchev–Trinajstić information content (AvgIpc) is 3.46. The summed E-state index contributed by atoms with van der Waals surface area (Å²) in [5, 5.41) is 7.70. The Morgan fingerprint density at radius 3 is 2.73 bits per heavy atom. The van der Waals surface area contributed by atoms with Gasteiger partial charge >= 0.3 is 0 Å². The number of aromatic nitrogens is 5. The molecule has 9 nitrogen and oxygen atoms in total. The molecule has 0 radical (unpaired) electrons. The summed E-state index contributed by atoms with van der Waals surface area (Å²) in [5.74, 6) is -0.589. The first-order valence-electron chi connectivity index (χ1n) is 12.1. The van der Waals surface area contributed by atoms with E-state index in [0.29, 0.717) is 36.6 Å². The summed E-state index contributed by atoms with van der Waals surface area (Å²) in [6, 6.07) is 3.37. The second-order valence-corrected chi connectivity index (χ2v) is 9.73. The highest BCUT2D eigenvalue weighted by molar-refractivity contribution is 5.84. The number of hydrogen-bond donors (Lipinski definition) is 1. The number of fused-ring (bicyclic) bond motifs is 1. The van der Waals surface area contributed by atoms with E-state index in [0.717, 1.165) is 29.3 Å². The largest absolute Gasteiger partial charge is 0.481 e. The van der Waals surface area contributed by atoms with Gasteiger partial charge in [-0.05, 0) is 44.7 Å². The summed E-state index contributed by atoms with van der Waals surface area (Å²) in [6.45, 7) is 4.50. The molecular formula is C25H28F3N7O2. The molecule has 1 spiro atoms. The third-order valence-corrected chi connectivity index (χ3v) is 7.35. The van der Waals surface area contributed by atoms with E-state index in [1.165, 1.54) is 20.2 Å². The molecule has 196 valence electrons. The Kier molecular flexibility index (Phi) is 6.28. The minimum atomic E-state index is -2.72. The van der Waals surface area contributed by atoms with Crippen LogP contribution in [0, 0.1) is 12.7 Å². The highest BCUT2D eigenvalue weighted by atomic mass is 19.3. The quantitative estimate of drug-likeness (QED) is 0.552. The van der Waals surface area contributed by atoms with Crippen molar-refractivity contribution in [3.63, 3.8) is 0 Å². The molecule has 1 fully saturated rings. The number of amides is 1. The van der Waals surface area contributed by atoms with Gasteiger partial charge in [0.15, 0.2) is 11.6 Å². The molecule has 1 amide bonds. The summed E-state index contributed by atoms with van der Waals surface area (Å²) < 4.78 is 47.0. The number of halogens is 3. The summed E-state index contributed by atoms with van der Waals surface area (Å²) >= 11 is 0. The Labute approximate surface area is 212 Å². The second-order valence-electron chi connectivity index (χ2n) is 9.73. The van der Waals surface area contributed by atoms with Gasteiger partial charge in [-0.15, -0.1) is 0 Å². The molecule has 2 atom stereocenters. The number of anilines is 1. The number of carbonyl (C=O) groups is 1. The van der Waals surface area contributed by atoms with Crippen molar-refractivity contribution >= 4 is 11.7 Å². The van der Waals surface area contributed by atoms with Gasteiger partial charge in [0.25, 0.3) is 6.43 Å². The van der Waals surface area contributed by atoms with Gasteiger partial charge in [0.05, 0.1) is 30.5 Å². The molecule has 3 aromatic heterocycles. The molecule has 1 N–H and O–H groups in total. The molecule has 0 aliphatic carbocycles. The number of nitrogens with one attached hydrogen (secondary N) is 1. The number of pyridine rings is 2. The highest BCUT2D eigenvalue weighted by Gasteiger charge is 2.43. The number of nitrogens with zero attached hydrogens (tertiary/aromatic N) is 6. The topological polar surface area (TPSA) is 98.1 Å². The zero-order chi connectivity index (χ0) is 26.5. The molecular weight excluding hydrogens is 487 g/mol. The van der Waals surface area contributed by atoms with Crippen LogP contribution in [0.4, 0.5) is 19.0 Å². The van der Waals surface area contributed by atoms with Crippen LogP contribution >= 0.6 is 0 Å². The van der Waals surface area contributed by atoms with Crippen LogP contribution in [-0.4, -0.2) is 61.3 Å². The van der Waals surface area contributed by atoms with Gasteiger partial charge in [0.2, 0.25) is 11.8 Å². The number of likely N-dealkylation sites (tertiary alicyclic amines) is 1. The number of methoxy groups -OCH3 is 1. The van der Waals surface area contributed by atoms with Crippen LogP contribution in [0.15, 0.2) is 18.3 Å². The van der Waals surface area contributed by atoms with E-state index >= 15 is 0 Å². The van der Waals surface area contributed by atoms with Gasteiger partial charge in [0.1, 0.15) is 11.6 Å². The fraction of sp³-hybridized carbons (Fsp3) is 0.480. The Morgan fingerprint density at radius 1 is 1.24 bits per heavy atom. The maximum Gasteiger partial charge on any atom is 0.297 e. The normalized spacial score (nSPS) is 19.7. The molecule has 0 bridgehead atoms. The fourth-order valence-electron chi connectivity index (χ4n) is 5.21. The molecule has 0 saturated carbocycles. The molecule has 1 saturated heterocycles. The zero-order valence-corrected chi connectivity index (χ0v) is 21.1. The van der Waals surface area contributed by atoms with Crippen molar-refractivity contribution in [3.05, 3.63) is 46.8 Å². The van der Waals surface area contributed by atoms with E-state index in [2.05, 4.69) is 20.4 Å². The SMILES string of the molecule is COc1cc([C@@H](C)C(=O)N2CC[C@@]3(CCc4cc(-c5nc(C(F)F)n(C)n5)c(C)nc4N3)C2)c(F)cn1. The maximum absolute atomic E-state index is 14.4. The number of alkyl halides is 2. The molecule has 2 aliphatic rings. The van der Waals surface area contributed by atoms with Crippen molar-refractivity contribution < 1.29 is 22.7 Å². The van der Waals surface area contributed by atoms with E-state index in [9.17, 15) is 18.0 Å². The molecule has 0 unspecified atom stereocenters. The zero-order valence-electron chi connectivity index (χ0n) is 21.1. The van der Waals surface area contributed by atoms with Crippen LogP contribution in [-0.2, 0) is 18.3 Å². The maximum atomic E-state index is 14.4. The minimum Gasteiger partial charge on any atom is -0.481 e. The van der Waals surface area contributed by atoms with Gasteiger partial charge < -0.3 is 15.0 Å². The Morgan fingerprint density at radius 2 is 2.03 bits per heavy atom. The van der Waals surface area contributed by atoms with Gasteiger partial charge in [-0.25, -0.2) is 32.8 Å². The monoisotopic (exact) mass is 515 g/mol. The average molecular weight is 516 g/mol. The van der Waals surface area contributed by atoms with E-state index < -0.39 is 18.2 Å². The molecule has 5 heterocycles. The highest BCUT2D eigenvalue weighted by Crippen LogP contribution is 2.39. The standard InChI is InChI=1S/C25H28F3N7O2/c1-13(16-10-19(37-4)29-11-18(16)26)24(36)35-8-7-25(12-35)6-5-15-9-17(14(2)30-21(15)32-25)22-31-23(20(27)28)34(3)33-22/h9-11,13,20H,5-8,12H2,1-4H3,(H,30,32)/t13-,25+/m1/s1. The third kappa shape index (κ3) is 4.49. The van der Waals surface area contributed by atoms with Crippen LogP contribution in [0.5, 0.6) is 5.88 Å². The van der Waals surface area contributed by atoms with Crippen molar-refractivity contribution in [1.82, 2.24) is 29.6 Å². The Balaban J connectivity index is 1.33. The smallest absolute Gasteiger partial charge is 0.297 e. The van der Waals surface area contributed by atoms with Crippen LogP contribution in [0.1, 0.15) is 54.8 Å². The lowest BCUT2D eigenvalue weighted by Gasteiger charge is -2.36. The summed E-state index contributed by atoms with van der Waals surface area (Å²) in [6.07, 6.45) is 0.545. The predicted octanol–water partition coefficient (Wildman–Crippen LogP) is 3.80. The Bertz CT molecular complexity index is 1360. The van der Waals surface area contributed by atoms with Gasteiger partial charge in [-0.2, -0.15) is 5.10 Å². The van der Waals surface area contributed by atoms with Crippen molar-refractivity contribution in [2.24, 2.45) is 7.05 Å². The number of hydrogen-bond acceptors (Lipinski definition) is 7. The van der Waals surface area contributed by atoms with Crippen LogP contribution in [0.2, 0.25) is 0 Å². The van der Waals surface area contributed by atoms with Crippen LogP contribution in [0.25, 0.3) is 11.4 Å². The summed E-state index contributed by atoms with van der Waals surface area (Å²) in [5.41, 5.74) is 2.09. The summed E-state index contributed by atoms with van der Waals surface area (Å²) in [4.78, 5) is 27.6. The third-order valence-electron chi connectivity index (χ3n) is 7.35.